The van der Waals surface area contributed by atoms with Crippen molar-refractivity contribution in [2.45, 2.75) is 32.4 Å². The SMILES string of the molecule is CCN1CCCC1CN(C)c1c(F)cc(CN)cc1F. The minimum Gasteiger partial charge on any atom is -0.368 e. The Hall–Kier alpha value is -1.20. The van der Waals surface area contributed by atoms with Gasteiger partial charge in [0.25, 0.3) is 0 Å². The van der Waals surface area contributed by atoms with Crippen LogP contribution in [-0.2, 0) is 6.54 Å². The van der Waals surface area contributed by atoms with E-state index in [-0.39, 0.29) is 12.2 Å². The first kappa shape index (κ1) is 15.2. The van der Waals surface area contributed by atoms with Crippen molar-refractivity contribution < 1.29 is 8.78 Å². The van der Waals surface area contributed by atoms with Crippen LogP contribution in [0.15, 0.2) is 12.1 Å². The molecule has 3 nitrogen and oxygen atoms in total. The van der Waals surface area contributed by atoms with Gasteiger partial charge in [-0.25, -0.2) is 8.78 Å². The van der Waals surface area contributed by atoms with Crippen LogP contribution in [0.5, 0.6) is 0 Å². The third-order valence-corrected chi connectivity index (χ3v) is 4.08. The van der Waals surface area contributed by atoms with Crippen molar-refractivity contribution in [2.75, 3.05) is 31.6 Å². The second-order valence-corrected chi connectivity index (χ2v) is 5.42. The lowest BCUT2D eigenvalue weighted by Gasteiger charge is -2.29. The second kappa shape index (κ2) is 6.50. The second-order valence-electron chi connectivity index (χ2n) is 5.42. The van der Waals surface area contributed by atoms with Gasteiger partial charge in [0, 0.05) is 26.2 Å². The van der Waals surface area contributed by atoms with E-state index >= 15 is 0 Å². The highest BCUT2D eigenvalue weighted by molar-refractivity contribution is 5.50. The van der Waals surface area contributed by atoms with Crippen molar-refractivity contribution in [1.29, 1.82) is 0 Å². The van der Waals surface area contributed by atoms with E-state index in [0.29, 0.717) is 18.2 Å². The van der Waals surface area contributed by atoms with Crippen LogP contribution >= 0.6 is 0 Å². The number of anilines is 1. The molecule has 5 heteroatoms. The van der Waals surface area contributed by atoms with E-state index in [4.69, 9.17) is 5.73 Å². The number of nitrogens with zero attached hydrogens (tertiary/aromatic N) is 2. The summed E-state index contributed by atoms with van der Waals surface area (Å²) in [6, 6.07) is 3.01. The molecule has 0 aromatic heterocycles. The molecule has 1 heterocycles. The number of halogens is 2. The molecular formula is C15H23F2N3. The lowest BCUT2D eigenvalue weighted by molar-refractivity contribution is 0.270. The third kappa shape index (κ3) is 3.10. The topological polar surface area (TPSA) is 32.5 Å². The number of hydrogen-bond acceptors (Lipinski definition) is 3. The van der Waals surface area contributed by atoms with Gasteiger partial charge in [0.2, 0.25) is 0 Å². The molecule has 0 aliphatic carbocycles. The Morgan fingerprint density at radius 3 is 2.55 bits per heavy atom. The molecule has 2 rings (SSSR count). The van der Waals surface area contributed by atoms with Gasteiger partial charge in [-0.3, -0.25) is 4.90 Å². The van der Waals surface area contributed by atoms with Gasteiger partial charge in [0.15, 0.2) is 0 Å². The molecule has 112 valence electrons. The number of likely N-dealkylation sites (N-methyl/N-ethyl adjacent to an activating group) is 2. The number of rotatable bonds is 5. The molecule has 1 aromatic rings. The largest absolute Gasteiger partial charge is 0.368 e. The van der Waals surface area contributed by atoms with Crippen LogP contribution in [0.4, 0.5) is 14.5 Å². The number of likely N-dealkylation sites (tertiary alicyclic amines) is 1. The minimum atomic E-state index is -0.533. The summed E-state index contributed by atoms with van der Waals surface area (Å²) in [4.78, 5) is 4.05. The van der Waals surface area contributed by atoms with Crippen molar-refractivity contribution in [1.82, 2.24) is 4.90 Å². The summed E-state index contributed by atoms with van der Waals surface area (Å²) in [6.45, 7) is 4.96. The Morgan fingerprint density at radius 1 is 1.35 bits per heavy atom. The summed E-state index contributed by atoms with van der Waals surface area (Å²) in [6.07, 6.45) is 2.24. The van der Waals surface area contributed by atoms with E-state index in [1.807, 2.05) is 0 Å². The lowest BCUT2D eigenvalue weighted by atomic mass is 10.1. The average molecular weight is 283 g/mol. The number of benzene rings is 1. The fourth-order valence-corrected chi connectivity index (χ4v) is 3.03. The van der Waals surface area contributed by atoms with Crippen LogP contribution in [-0.4, -0.2) is 37.6 Å². The molecular weight excluding hydrogens is 260 g/mol. The molecule has 0 bridgehead atoms. The normalized spacial score (nSPS) is 19.6. The summed E-state index contributed by atoms with van der Waals surface area (Å²) in [5.41, 5.74) is 5.95. The highest BCUT2D eigenvalue weighted by atomic mass is 19.1. The molecule has 1 unspecified atom stereocenters. The van der Waals surface area contributed by atoms with Gasteiger partial charge in [0.05, 0.1) is 0 Å². The maximum absolute atomic E-state index is 14.1. The Bertz CT molecular complexity index is 441. The molecule has 1 atom stereocenters. The minimum absolute atomic E-state index is 0.0464. The van der Waals surface area contributed by atoms with E-state index < -0.39 is 11.6 Å². The molecule has 2 N–H and O–H groups in total. The van der Waals surface area contributed by atoms with Crippen molar-refractivity contribution in [3.8, 4) is 0 Å². The first-order valence-corrected chi connectivity index (χ1v) is 7.20. The molecule has 0 radical (unpaired) electrons. The molecule has 20 heavy (non-hydrogen) atoms. The molecule has 0 amide bonds. The van der Waals surface area contributed by atoms with Gasteiger partial charge in [-0.15, -0.1) is 0 Å². The van der Waals surface area contributed by atoms with E-state index in [1.165, 1.54) is 12.1 Å². The van der Waals surface area contributed by atoms with E-state index in [2.05, 4.69) is 11.8 Å². The third-order valence-electron chi connectivity index (χ3n) is 4.08. The highest BCUT2D eigenvalue weighted by Crippen LogP contribution is 2.26. The average Bonchev–Trinajstić information content (AvgIpc) is 2.84. The van der Waals surface area contributed by atoms with Crippen LogP contribution < -0.4 is 10.6 Å². The summed E-state index contributed by atoms with van der Waals surface area (Å²) < 4.78 is 28.1. The van der Waals surface area contributed by atoms with Crippen molar-refractivity contribution in [3.05, 3.63) is 29.3 Å². The fraction of sp³-hybridized carbons (Fsp3) is 0.600. The molecule has 1 fully saturated rings. The Labute approximate surface area is 119 Å². The van der Waals surface area contributed by atoms with Gasteiger partial charge in [-0.05, 0) is 43.6 Å². The molecule has 1 aromatic carbocycles. The monoisotopic (exact) mass is 283 g/mol. The quantitative estimate of drug-likeness (QED) is 0.900. The van der Waals surface area contributed by atoms with Gasteiger partial charge in [0.1, 0.15) is 17.3 Å². The number of hydrogen-bond donors (Lipinski definition) is 1. The maximum Gasteiger partial charge on any atom is 0.149 e. The zero-order valence-electron chi connectivity index (χ0n) is 12.2. The predicted molar refractivity (Wildman–Crippen MR) is 77.8 cm³/mol. The molecule has 1 aliphatic rings. The lowest BCUT2D eigenvalue weighted by Crippen LogP contribution is -2.39. The van der Waals surface area contributed by atoms with Gasteiger partial charge < -0.3 is 10.6 Å². The van der Waals surface area contributed by atoms with E-state index in [1.54, 1.807) is 11.9 Å². The maximum atomic E-state index is 14.1. The van der Waals surface area contributed by atoms with Crippen LogP contribution in [0.2, 0.25) is 0 Å². The molecule has 1 saturated heterocycles. The van der Waals surface area contributed by atoms with Crippen LogP contribution in [0.3, 0.4) is 0 Å². The summed E-state index contributed by atoms with van der Waals surface area (Å²) >= 11 is 0. The molecule has 1 aliphatic heterocycles. The zero-order chi connectivity index (χ0) is 14.7. The highest BCUT2D eigenvalue weighted by Gasteiger charge is 2.26. The molecule has 0 saturated carbocycles. The zero-order valence-corrected chi connectivity index (χ0v) is 12.2. The van der Waals surface area contributed by atoms with Crippen LogP contribution in [0.25, 0.3) is 0 Å². The number of nitrogens with two attached hydrogens (primary N) is 1. The summed E-state index contributed by atoms with van der Waals surface area (Å²) in [5, 5.41) is 0. The van der Waals surface area contributed by atoms with Crippen LogP contribution in [0, 0.1) is 11.6 Å². The Balaban J connectivity index is 2.15. The summed E-state index contributed by atoms with van der Waals surface area (Å²) in [7, 11) is 1.75. The summed E-state index contributed by atoms with van der Waals surface area (Å²) in [5.74, 6) is -1.07. The van der Waals surface area contributed by atoms with E-state index in [0.717, 1.165) is 25.9 Å². The standard InChI is InChI=1S/C15H23F2N3/c1-3-20-6-4-5-12(20)10-19(2)15-13(16)7-11(9-18)8-14(15)17/h7-8,12H,3-6,9-10,18H2,1-2H3. The van der Waals surface area contributed by atoms with Crippen molar-refractivity contribution >= 4 is 5.69 Å². The van der Waals surface area contributed by atoms with Gasteiger partial charge in [-0.2, -0.15) is 0 Å². The van der Waals surface area contributed by atoms with E-state index in [9.17, 15) is 8.78 Å². The first-order valence-electron chi connectivity index (χ1n) is 7.20. The van der Waals surface area contributed by atoms with Crippen molar-refractivity contribution in [3.63, 3.8) is 0 Å². The molecule has 0 spiro atoms. The first-order chi connectivity index (χ1) is 9.56. The Kier molecular flexibility index (Phi) is 4.94. The van der Waals surface area contributed by atoms with Gasteiger partial charge in [-0.1, -0.05) is 6.92 Å². The predicted octanol–water partition coefficient (Wildman–Crippen LogP) is 2.34. The van der Waals surface area contributed by atoms with Crippen LogP contribution in [0.1, 0.15) is 25.3 Å². The van der Waals surface area contributed by atoms with Gasteiger partial charge >= 0.3 is 0 Å². The van der Waals surface area contributed by atoms with Crippen molar-refractivity contribution in [2.24, 2.45) is 5.73 Å². The smallest absolute Gasteiger partial charge is 0.149 e. The fourth-order valence-electron chi connectivity index (χ4n) is 3.03. The Morgan fingerprint density at radius 2 is 2.00 bits per heavy atom.